The fourth-order valence-corrected chi connectivity index (χ4v) is 2.47. The minimum Gasteiger partial charge on any atom is -0.392 e. The SMILES string of the molecule is O=C(C[n+]1ccc(CO)cc1)NCCOCCNC(=O)C[n+]1ccc(CO)cc1. The second-order valence-corrected chi connectivity index (χ2v) is 6.39. The summed E-state index contributed by atoms with van der Waals surface area (Å²) in [7, 11) is 0. The Hall–Kier alpha value is -2.88. The number of nitrogens with one attached hydrogen (secondary N) is 2. The van der Waals surface area contributed by atoms with Gasteiger partial charge in [-0.3, -0.25) is 9.59 Å². The highest BCUT2D eigenvalue weighted by Gasteiger charge is 2.09. The molecule has 0 aliphatic heterocycles. The molecule has 29 heavy (non-hydrogen) atoms. The Morgan fingerprint density at radius 1 is 0.759 bits per heavy atom. The molecule has 0 aromatic carbocycles. The zero-order valence-corrected chi connectivity index (χ0v) is 16.3. The molecule has 2 rings (SSSR count). The van der Waals surface area contributed by atoms with Gasteiger partial charge in [-0.1, -0.05) is 0 Å². The summed E-state index contributed by atoms with van der Waals surface area (Å²) in [5, 5.41) is 23.5. The zero-order valence-electron chi connectivity index (χ0n) is 16.3. The summed E-state index contributed by atoms with van der Waals surface area (Å²) >= 11 is 0. The molecule has 0 saturated heterocycles. The van der Waals surface area contributed by atoms with Crippen molar-refractivity contribution in [3.8, 4) is 0 Å². The van der Waals surface area contributed by atoms with Gasteiger partial charge in [0.1, 0.15) is 0 Å². The van der Waals surface area contributed by atoms with Crippen LogP contribution in [0.1, 0.15) is 11.1 Å². The Balaban J connectivity index is 1.50. The van der Waals surface area contributed by atoms with Gasteiger partial charge >= 0.3 is 0 Å². The van der Waals surface area contributed by atoms with Gasteiger partial charge in [0.2, 0.25) is 13.1 Å². The Labute approximate surface area is 169 Å². The van der Waals surface area contributed by atoms with Crippen molar-refractivity contribution in [2.45, 2.75) is 26.3 Å². The molecule has 0 saturated carbocycles. The molecule has 0 unspecified atom stereocenters. The van der Waals surface area contributed by atoms with Crippen molar-refractivity contribution in [3.05, 3.63) is 60.2 Å². The lowest BCUT2D eigenvalue weighted by molar-refractivity contribution is -0.684. The molecule has 0 aliphatic rings. The number of carbonyl (C=O) groups excluding carboxylic acids is 2. The number of aliphatic hydroxyl groups excluding tert-OH is 2. The van der Waals surface area contributed by atoms with E-state index in [9.17, 15) is 9.59 Å². The van der Waals surface area contributed by atoms with Gasteiger partial charge in [-0.2, -0.15) is 9.13 Å². The summed E-state index contributed by atoms with van der Waals surface area (Å²) < 4.78 is 8.84. The number of hydrogen-bond donors (Lipinski definition) is 4. The molecule has 0 bridgehead atoms. The van der Waals surface area contributed by atoms with E-state index < -0.39 is 0 Å². The average Bonchev–Trinajstić information content (AvgIpc) is 2.74. The first kappa shape index (κ1) is 22.4. The third kappa shape index (κ3) is 8.77. The maximum absolute atomic E-state index is 11.8. The van der Waals surface area contributed by atoms with Gasteiger partial charge in [0.15, 0.2) is 24.8 Å². The predicted molar refractivity (Wildman–Crippen MR) is 102 cm³/mol. The van der Waals surface area contributed by atoms with Gasteiger partial charge in [0.05, 0.1) is 26.4 Å². The van der Waals surface area contributed by atoms with Crippen LogP contribution in [-0.4, -0.2) is 48.3 Å². The lowest BCUT2D eigenvalue weighted by Crippen LogP contribution is -2.43. The molecule has 156 valence electrons. The number of aromatic nitrogens is 2. The third-order valence-corrected chi connectivity index (χ3v) is 4.07. The zero-order chi connectivity index (χ0) is 20.9. The molecule has 4 N–H and O–H groups in total. The van der Waals surface area contributed by atoms with Gasteiger partial charge in [0.25, 0.3) is 11.8 Å². The van der Waals surface area contributed by atoms with Crippen molar-refractivity contribution in [1.29, 1.82) is 0 Å². The van der Waals surface area contributed by atoms with Crippen LogP contribution in [0.3, 0.4) is 0 Å². The first-order valence-corrected chi connectivity index (χ1v) is 9.39. The van der Waals surface area contributed by atoms with E-state index in [2.05, 4.69) is 10.6 Å². The highest BCUT2D eigenvalue weighted by molar-refractivity contribution is 5.74. The molecule has 2 amide bonds. The van der Waals surface area contributed by atoms with Gasteiger partial charge < -0.3 is 25.6 Å². The fraction of sp³-hybridized carbons (Fsp3) is 0.400. The van der Waals surface area contributed by atoms with E-state index in [4.69, 9.17) is 14.9 Å². The summed E-state index contributed by atoms with van der Waals surface area (Å²) in [6.45, 7) is 1.81. The van der Waals surface area contributed by atoms with Crippen LogP contribution < -0.4 is 19.8 Å². The van der Waals surface area contributed by atoms with Crippen LogP contribution in [0.2, 0.25) is 0 Å². The third-order valence-electron chi connectivity index (χ3n) is 4.07. The van der Waals surface area contributed by atoms with E-state index in [-0.39, 0.29) is 38.1 Å². The summed E-state index contributed by atoms with van der Waals surface area (Å²) in [6.07, 6.45) is 6.96. The smallest absolute Gasteiger partial charge is 0.286 e. The average molecular weight is 404 g/mol. The van der Waals surface area contributed by atoms with E-state index >= 15 is 0 Å². The number of nitrogens with zero attached hydrogens (tertiary/aromatic N) is 2. The molecule has 9 nitrogen and oxygen atoms in total. The summed E-state index contributed by atoms with van der Waals surface area (Å²) in [5.41, 5.74) is 1.58. The quantitative estimate of drug-likeness (QED) is 0.246. The summed E-state index contributed by atoms with van der Waals surface area (Å²) in [6, 6.07) is 7.03. The van der Waals surface area contributed by atoms with Crippen molar-refractivity contribution in [1.82, 2.24) is 10.6 Å². The minimum atomic E-state index is -0.132. The standard InChI is InChI=1S/C20H26N4O5/c25-15-17-1-7-23(8-2-17)13-19(27)21-5-11-29-12-6-22-20(28)14-24-9-3-18(16-26)4-10-24/h1-4,7-10,25-26H,5-6,11-16H2/p+2. The monoisotopic (exact) mass is 404 g/mol. The minimum absolute atomic E-state index is 0.0264. The van der Waals surface area contributed by atoms with Crippen LogP contribution in [0, 0.1) is 0 Å². The molecule has 2 aromatic rings. The molecule has 0 fully saturated rings. The van der Waals surface area contributed by atoms with Crippen molar-refractivity contribution in [2.24, 2.45) is 0 Å². The summed E-state index contributed by atoms with van der Waals surface area (Å²) in [5.74, 6) is -0.263. The second-order valence-electron chi connectivity index (χ2n) is 6.39. The van der Waals surface area contributed by atoms with Crippen LogP contribution in [0.25, 0.3) is 0 Å². The van der Waals surface area contributed by atoms with E-state index in [1.165, 1.54) is 0 Å². The Morgan fingerprint density at radius 2 is 1.14 bits per heavy atom. The Bertz CT molecular complexity index is 700. The molecule has 0 atom stereocenters. The summed E-state index contributed by atoms with van der Waals surface area (Å²) in [4.78, 5) is 23.7. The predicted octanol–water partition coefficient (Wildman–Crippen LogP) is -1.80. The second kappa shape index (κ2) is 12.6. The van der Waals surface area contributed by atoms with Crippen molar-refractivity contribution in [2.75, 3.05) is 26.3 Å². The molecular formula is C20H28N4O5+2. The van der Waals surface area contributed by atoms with Crippen LogP contribution in [-0.2, 0) is 40.6 Å². The number of ether oxygens (including phenoxy) is 1. The molecule has 0 radical (unpaired) electrons. The first-order chi connectivity index (χ1) is 14.1. The van der Waals surface area contributed by atoms with Gasteiger partial charge in [0, 0.05) is 37.4 Å². The van der Waals surface area contributed by atoms with Crippen LogP contribution in [0.4, 0.5) is 0 Å². The maximum Gasteiger partial charge on any atom is 0.286 e. The van der Waals surface area contributed by atoms with Gasteiger partial charge in [-0.05, 0) is 11.1 Å². The van der Waals surface area contributed by atoms with Crippen LogP contribution >= 0.6 is 0 Å². The van der Waals surface area contributed by atoms with E-state index in [1.54, 1.807) is 58.2 Å². The van der Waals surface area contributed by atoms with E-state index in [1.807, 2.05) is 0 Å². The normalized spacial score (nSPS) is 10.6. The number of rotatable bonds is 12. The van der Waals surface area contributed by atoms with Crippen LogP contribution in [0.5, 0.6) is 0 Å². The highest BCUT2D eigenvalue weighted by Crippen LogP contribution is 1.93. The number of amides is 2. The van der Waals surface area contributed by atoms with Gasteiger partial charge in [-0.15, -0.1) is 0 Å². The molecule has 0 spiro atoms. The number of aliphatic hydroxyl groups is 2. The first-order valence-electron chi connectivity index (χ1n) is 9.39. The van der Waals surface area contributed by atoms with Crippen LogP contribution in [0.15, 0.2) is 49.1 Å². The molecule has 9 heteroatoms. The highest BCUT2D eigenvalue weighted by atomic mass is 16.5. The topological polar surface area (TPSA) is 116 Å². The van der Waals surface area contributed by atoms with E-state index in [0.29, 0.717) is 26.3 Å². The molecule has 0 aliphatic carbocycles. The Kier molecular flexibility index (Phi) is 9.70. The van der Waals surface area contributed by atoms with Crippen molar-refractivity contribution < 1.29 is 33.7 Å². The largest absolute Gasteiger partial charge is 0.392 e. The Morgan fingerprint density at radius 3 is 1.48 bits per heavy atom. The molecule has 2 aromatic heterocycles. The number of pyridine rings is 2. The van der Waals surface area contributed by atoms with Crippen molar-refractivity contribution in [3.63, 3.8) is 0 Å². The number of carbonyl (C=O) groups is 2. The maximum atomic E-state index is 11.8. The van der Waals surface area contributed by atoms with Gasteiger partial charge in [-0.25, -0.2) is 0 Å². The number of hydrogen-bond acceptors (Lipinski definition) is 5. The van der Waals surface area contributed by atoms with Crippen molar-refractivity contribution >= 4 is 11.8 Å². The lowest BCUT2D eigenvalue weighted by Gasteiger charge is -2.06. The molecule has 2 heterocycles. The van der Waals surface area contributed by atoms with E-state index in [0.717, 1.165) is 11.1 Å². The fourth-order valence-electron chi connectivity index (χ4n) is 2.47. The molecular weight excluding hydrogens is 376 g/mol. The lowest BCUT2D eigenvalue weighted by atomic mass is 10.3.